The van der Waals surface area contributed by atoms with E-state index in [0.717, 1.165) is 31.9 Å². The average molecular weight is 277 g/mol. The molecule has 1 aliphatic heterocycles. The second-order valence-electron chi connectivity index (χ2n) is 4.25. The van der Waals surface area contributed by atoms with E-state index in [1.165, 1.54) is 12.8 Å². The first-order valence-corrected chi connectivity index (χ1v) is 6.05. The lowest BCUT2D eigenvalue weighted by Crippen LogP contribution is -2.35. The smallest absolute Gasteiger partial charge is 0.151 e. The number of hydrogen-bond donors (Lipinski definition) is 1. The first kappa shape index (κ1) is 14.6. The molecule has 1 aromatic heterocycles. The molecule has 0 spiro atoms. The van der Waals surface area contributed by atoms with E-state index in [1.807, 2.05) is 0 Å². The second-order valence-corrected chi connectivity index (χ2v) is 4.61. The van der Waals surface area contributed by atoms with Crippen molar-refractivity contribution in [2.45, 2.75) is 19.4 Å². The Hall–Kier alpha value is -0.420. The van der Waals surface area contributed by atoms with E-state index < -0.39 is 0 Å². The molecule has 0 aromatic carbocycles. The Morgan fingerprint density at radius 1 is 1.29 bits per heavy atom. The molecule has 0 radical (unpaired) electrons. The third kappa shape index (κ3) is 4.07. The van der Waals surface area contributed by atoms with Gasteiger partial charge in [0.15, 0.2) is 5.15 Å². The SMILES string of the molecule is Cl.NCC1CCN(Cc2nccnc2Cl)CC1. The van der Waals surface area contributed by atoms with Gasteiger partial charge < -0.3 is 5.73 Å². The van der Waals surface area contributed by atoms with E-state index in [0.29, 0.717) is 11.1 Å². The molecule has 1 saturated heterocycles. The number of nitrogens with zero attached hydrogens (tertiary/aromatic N) is 3. The molecule has 4 nitrogen and oxygen atoms in total. The van der Waals surface area contributed by atoms with Crippen LogP contribution in [0.25, 0.3) is 0 Å². The third-order valence-corrected chi connectivity index (χ3v) is 3.45. The number of piperidine rings is 1. The molecule has 1 aliphatic rings. The van der Waals surface area contributed by atoms with Gasteiger partial charge in [-0.1, -0.05) is 11.6 Å². The molecule has 6 heteroatoms. The summed E-state index contributed by atoms with van der Waals surface area (Å²) in [6.07, 6.45) is 5.66. The van der Waals surface area contributed by atoms with Crippen molar-refractivity contribution in [1.29, 1.82) is 0 Å². The van der Waals surface area contributed by atoms with Crippen LogP contribution in [-0.4, -0.2) is 34.5 Å². The number of nitrogens with two attached hydrogens (primary N) is 1. The molecule has 2 N–H and O–H groups in total. The molecule has 0 atom stereocenters. The van der Waals surface area contributed by atoms with Gasteiger partial charge in [0.25, 0.3) is 0 Å². The lowest BCUT2D eigenvalue weighted by molar-refractivity contribution is 0.178. The second kappa shape index (κ2) is 7.11. The van der Waals surface area contributed by atoms with Crippen molar-refractivity contribution in [2.24, 2.45) is 11.7 Å². The normalized spacial score (nSPS) is 17.8. The van der Waals surface area contributed by atoms with Crippen LogP contribution in [0.4, 0.5) is 0 Å². The number of aromatic nitrogens is 2. The van der Waals surface area contributed by atoms with Gasteiger partial charge >= 0.3 is 0 Å². The van der Waals surface area contributed by atoms with Crippen LogP contribution in [0, 0.1) is 5.92 Å². The van der Waals surface area contributed by atoms with Crippen molar-refractivity contribution in [2.75, 3.05) is 19.6 Å². The number of likely N-dealkylation sites (tertiary alicyclic amines) is 1. The van der Waals surface area contributed by atoms with E-state index in [-0.39, 0.29) is 12.4 Å². The Kier molecular flexibility index (Phi) is 6.12. The predicted molar refractivity (Wildman–Crippen MR) is 71.3 cm³/mol. The molecule has 2 heterocycles. The summed E-state index contributed by atoms with van der Waals surface area (Å²) in [7, 11) is 0. The van der Waals surface area contributed by atoms with Crippen molar-refractivity contribution >= 4 is 24.0 Å². The minimum atomic E-state index is 0. The van der Waals surface area contributed by atoms with E-state index in [1.54, 1.807) is 12.4 Å². The summed E-state index contributed by atoms with van der Waals surface area (Å²) in [4.78, 5) is 10.6. The van der Waals surface area contributed by atoms with Crippen LogP contribution in [0.2, 0.25) is 5.15 Å². The molecular weight excluding hydrogens is 259 g/mol. The largest absolute Gasteiger partial charge is 0.330 e. The van der Waals surface area contributed by atoms with Gasteiger partial charge in [-0.25, -0.2) is 4.98 Å². The van der Waals surface area contributed by atoms with Crippen LogP contribution in [0.5, 0.6) is 0 Å². The highest BCUT2D eigenvalue weighted by molar-refractivity contribution is 6.29. The number of hydrogen-bond acceptors (Lipinski definition) is 4. The highest BCUT2D eigenvalue weighted by Crippen LogP contribution is 2.19. The van der Waals surface area contributed by atoms with Gasteiger partial charge in [-0.15, -0.1) is 12.4 Å². The molecule has 0 amide bonds. The first-order chi connectivity index (χ1) is 7.79. The molecule has 1 aromatic rings. The Morgan fingerprint density at radius 3 is 2.53 bits per heavy atom. The van der Waals surface area contributed by atoms with Gasteiger partial charge in [-0.3, -0.25) is 9.88 Å². The Bertz CT molecular complexity index is 340. The molecule has 96 valence electrons. The molecule has 0 aliphatic carbocycles. The van der Waals surface area contributed by atoms with Crippen molar-refractivity contribution in [3.63, 3.8) is 0 Å². The molecule has 1 fully saturated rings. The lowest BCUT2D eigenvalue weighted by atomic mass is 9.97. The highest BCUT2D eigenvalue weighted by atomic mass is 35.5. The fourth-order valence-electron chi connectivity index (χ4n) is 2.05. The van der Waals surface area contributed by atoms with Crippen LogP contribution in [-0.2, 0) is 6.54 Å². The van der Waals surface area contributed by atoms with Crippen LogP contribution >= 0.6 is 24.0 Å². The lowest BCUT2D eigenvalue weighted by Gasteiger charge is -2.30. The maximum Gasteiger partial charge on any atom is 0.151 e. The fraction of sp³-hybridized carbons (Fsp3) is 0.636. The standard InChI is InChI=1S/C11H17ClN4.ClH/c12-11-10(14-3-4-15-11)8-16-5-1-9(7-13)2-6-16;/h3-4,9H,1-2,5-8,13H2;1H. The minimum absolute atomic E-state index is 0. The average Bonchev–Trinajstić information content (AvgIpc) is 2.33. The number of halogens is 2. The van der Waals surface area contributed by atoms with Crippen LogP contribution in [0.1, 0.15) is 18.5 Å². The summed E-state index contributed by atoms with van der Waals surface area (Å²) in [5, 5.41) is 0.517. The molecule has 2 rings (SSSR count). The maximum atomic E-state index is 5.98. The van der Waals surface area contributed by atoms with Gasteiger partial charge in [0, 0.05) is 18.9 Å². The van der Waals surface area contributed by atoms with Crippen molar-refractivity contribution in [3.8, 4) is 0 Å². The van der Waals surface area contributed by atoms with Gasteiger partial charge in [0.1, 0.15) is 0 Å². The molecule has 0 unspecified atom stereocenters. The van der Waals surface area contributed by atoms with Gasteiger partial charge in [0.05, 0.1) is 5.69 Å². The van der Waals surface area contributed by atoms with E-state index >= 15 is 0 Å². The topological polar surface area (TPSA) is 55.0 Å². The zero-order chi connectivity index (χ0) is 11.4. The highest BCUT2D eigenvalue weighted by Gasteiger charge is 2.19. The maximum absolute atomic E-state index is 5.98. The first-order valence-electron chi connectivity index (χ1n) is 5.67. The number of rotatable bonds is 3. The van der Waals surface area contributed by atoms with Gasteiger partial charge in [-0.05, 0) is 38.4 Å². The summed E-state index contributed by atoms with van der Waals surface area (Å²) < 4.78 is 0. The van der Waals surface area contributed by atoms with E-state index in [2.05, 4.69) is 14.9 Å². The van der Waals surface area contributed by atoms with Crippen LogP contribution in [0.15, 0.2) is 12.4 Å². The van der Waals surface area contributed by atoms with Crippen molar-refractivity contribution in [3.05, 3.63) is 23.2 Å². The molecular formula is C11H18Cl2N4. The van der Waals surface area contributed by atoms with Gasteiger partial charge in [0.2, 0.25) is 0 Å². The Balaban J connectivity index is 0.00000144. The summed E-state index contributed by atoms with van der Waals surface area (Å²) in [6.45, 7) is 3.76. The zero-order valence-electron chi connectivity index (χ0n) is 9.68. The zero-order valence-corrected chi connectivity index (χ0v) is 11.3. The molecule has 17 heavy (non-hydrogen) atoms. The Labute approximate surface area is 113 Å². The quantitative estimate of drug-likeness (QED) is 0.914. The molecule has 0 bridgehead atoms. The Morgan fingerprint density at radius 2 is 1.94 bits per heavy atom. The van der Waals surface area contributed by atoms with Crippen molar-refractivity contribution in [1.82, 2.24) is 14.9 Å². The predicted octanol–water partition coefficient (Wildman–Crippen LogP) is 1.72. The van der Waals surface area contributed by atoms with E-state index in [4.69, 9.17) is 17.3 Å². The summed E-state index contributed by atoms with van der Waals surface area (Å²) >= 11 is 5.98. The van der Waals surface area contributed by atoms with Crippen LogP contribution < -0.4 is 5.73 Å². The summed E-state index contributed by atoms with van der Waals surface area (Å²) in [6, 6.07) is 0. The summed E-state index contributed by atoms with van der Waals surface area (Å²) in [5.74, 6) is 0.688. The third-order valence-electron chi connectivity index (χ3n) is 3.14. The fourth-order valence-corrected chi connectivity index (χ4v) is 2.21. The minimum Gasteiger partial charge on any atom is -0.330 e. The van der Waals surface area contributed by atoms with Gasteiger partial charge in [-0.2, -0.15) is 0 Å². The van der Waals surface area contributed by atoms with E-state index in [9.17, 15) is 0 Å². The van der Waals surface area contributed by atoms with Crippen LogP contribution in [0.3, 0.4) is 0 Å². The van der Waals surface area contributed by atoms with Crippen molar-refractivity contribution < 1.29 is 0 Å². The summed E-state index contributed by atoms with van der Waals surface area (Å²) in [5.41, 5.74) is 6.53. The molecule has 0 saturated carbocycles. The monoisotopic (exact) mass is 276 g/mol.